The van der Waals surface area contributed by atoms with Crippen molar-refractivity contribution < 1.29 is 4.79 Å². The second kappa shape index (κ2) is 3.70. The van der Waals surface area contributed by atoms with Crippen molar-refractivity contribution in [2.75, 3.05) is 17.7 Å². The quantitative estimate of drug-likeness (QED) is 0.711. The summed E-state index contributed by atoms with van der Waals surface area (Å²) < 4.78 is 0. The summed E-state index contributed by atoms with van der Waals surface area (Å²) in [7, 11) is 1.90. The van der Waals surface area contributed by atoms with Crippen molar-refractivity contribution >= 4 is 17.3 Å². The van der Waals surface area contributed by atoms with Gasteiger partial charge in [0.15, 0.2) is 0 Å². The topological polar surface area (TPSA) is 41.1 Å². The van der Waals surface area contributed by atoms with E-state index in [1.165, 1.54) is 5.56 Å². The third kappa shape index (κ3) is 1.71. The first kappa shape index (κ1) is 9.06. The Bertz CT molecular complexity index is 360. The molecule has 0 atom stereocenters. The Labute approximate surface area is 83.5 Å². The van der Waals surface area contributed by atoms with Gasteiger partial charge in [0.2, 0.25) is 5.91 Å². The molecular formula is C11H14N2O. The average molecular weight is 190 g/mol. The lowest BCUT2D eigenvalue weighted by Crippen LogP contribution is -2.09. The zero-order valence-electron chi connectivity index (χ0n) is 8.26. The van der Waals surface area contributed by atoms with E-state index in [0.29, 0.717) is 6.42 Å². The van der Waals surface area contributed by atoms with Crippen molar-refractivity contribution in [3.05, 3.63) is 23.8 Å². The van der Waals surface area contributed by atoms with Crippen molar-refractivity contribution in [1.29, 1.82) is 0 Å². The smallest absolute Gasteiger partial charge is 0.224 e. The minimum atomic E-state index is 0.126. The van der Waals surface area contributed by atoms with Crippen LogP contribution >= 0.6 is 0 Å². The normalized spacial score (nSPS) is 15.4. The maximum absolute atomic E-state index is 11.3. The number of hydrogen-bond donors (Lipinski definition) is 2. The fraction of sp³-hybridized carbons (Fsp3) is 0.364. The molecule has 1 aromatic carbocycles. The lowest BCUT2D eigenvalue weighted by atomic mass is 10.1. The van der Waals surface area contributed by atoms with Crippen molar-refractivity contribution in [3.63, 3.8) is 0 Å². The standard InChI is InChI=1S/C11H14N2O/c1-12-9-5-6-10-8(7-9)3-2-4-11(14)13-10/h5-7,12H,2-4H2,1H3,(H,13,14). The van der Waals surface area contributed by atoms with E-state index in [2.05, 4.69) is 16.7 Å². The zero-order chi connectivity index (χ0) is 9.97. The molecule has 0 aromatic heterocycles. The van der Waals surface area contributed by atoms with Gasteiger partial charge in [0.25, 0.3) is 0 Å². The number of anilines is 2. The van der Waals surface area contributed by atoms with Gasteiger partial charge in [-0.3, -0.25) is 4.79 Å². The maximum Gasteiger partial charge on any atom is 0.224 e. The fourth-order valence-electron chi connectivity index (χ4n) is 1.73. The fourth-order valence-corrected chi connectivity index (χ4v) is 1.73. The number of rotatable bonds is 1. The molecular weight excluding hydrogens is 176 g/mol. The highest BCUT2D eigenvalue weighted by molar-refractivity contribution is 5.92. The minimum absolute atomic E-state index is 0.126. The molecule has 14 heavy (non-hydrogen) atoms. The number of hydrogen-bond acceptors (Lipinski definition) is 2. The molecule has 1 aromatic rings. The molecule has 3 heteroatoms. The van der Waals surface area contributed by atoms with E-state index in [4.69, 9.17) is 0 Å². The van der Waals surface area contributed by atoms with Crippen LogP contribution in [0.2, 0.25) is 0 Å². The predicted octanol–water partition coefficient (Wildman–Crippen LogP) is 2.00. The molecule has 1 aliphatic heterocycles. The lowest BCUT2D eigenvalue weighted by Gasteiger charge is -2.08. The molecule has 0 saturated carbocycles. The minimum Gasteiger partial charge on any atom is -0.388 e. The molecule has 0 saturated heterocycles. The molecule has 3 nitrogen and oxygen atoms in total. The Morgan fingerprint density at radius 3 is 3.00 bits per heavy atom. The number of amides is 1. The lowest BCUT2D eigenvalue weighted by molar-refractivity contribution is -0.116. The third-order valence-electron chi connectivity index (χ3n) is 2.52. The number of carbonyl (C=O) groups is 1. The van der Waals surface area contributed by atoms with E-state index in [1.807, 2.05) is 19.2 Å². The summed E-state index contributed by atoms with van der Waals surface area (Å²) in [6.07, 6.45) is 2.54. The predicted molar refractivity (Wildman–Crippen MR) is 57.6 cm³/mol. The van der Waals surface area contributed by atoms with Crippen LogP contribution in [-0.4, -0.2) is 13.0 Å². The molecule has 0 unspecified atom stereocenters. The van der Waals surface area contributed by atoms with E-state index >= 15 is 0 Å². The number of carbonyl (C=O) groups excluding carboxylic acids is 1. The van der Waals surface area contributed by atoms with Crippen LogP contribution < -0.4 is 10.6 Å². The van der Waals surface area contributed by atoms with Crippen LogP contribution in [-0.2, 0) is 11.2 Å². The third-order valence-corrected chi connectivity index (χ3v) is 2.52. The Morgan fingerprint density at radius 2 is 2.21 bits per heavy atom. The molecule has 1 amide bonds. The highest BCUT2D eigenvalue weighted by atomic mass is 16.1. The first-order chi connectivity index (χ1) is 6.79. The zero-order valence-corrected chi connectivity index (χ0v) is 8.26. The van der Waals surface area contributed by atoms with Crippen molar-refractivity contribution in [3.8, 4) is 0 Å². The number of fused-ring (bicyclic) bond motifs is 1. The van der Waals surface area contributed by atoms with E-state index in [0.717, 1.165) is 24.2 Å². The molecule has 1 heterocycles. The summed E-state index contributed by atoms with van der Waals surface area (Å²) in [5.41, 5.74) is 3.29. The summed E-state index contributed by atoms with van der Waals surface area (Å²) in [6, 6.07) is 6.04. The van der Waals surface area contributed by atoms with Gasteiger partial charge < -0.3 is 10.6 Å². The number of nitrogens with one attached hydrogen (secondary N) is 2. The Kier molecular flexibility index (Phi) is 2.39. The molecule has 0 aliphatic carbocycles. The highest BCUT2D eigenvalue weighted by Gasteiger charge is 2.12. The Morgan fingerprint density at radius 1 is 1.36 bits per heavy atom. The summed E-state index contributed by atoms with van der Waals surface area (Å²) in [5.74, 6) is 0.126. The summed E-state index contributed by atoms with van der Waals surface area (Å²) in [5, 5.41) is 6.00. The first-order valence-corrected chi connectivity index (χ1v) is 4.90. The van der Waals surface area contributed by atoms with E-state index in [9.17, 15) is 4.79 Å². The van der Waals surface area contributed by atoms with Gasteiger partial charge in [-0.15, -0.1) is 0 Å². The molecule has 0 spiro atoms. The summed E-state index contributed by atoms with van der Waals surface area (Å²) >= 11 is 0. The number of aryl methyl sites for hydroxylation is 1. The summed E-state index contributed by atoms with van der Waals surface area (Å²) in [6.45, 7) is 0. The van der Waals surface area contributed by atoms with Crippen LogP contribution in [0.4, 0.5) is 11.4 Å². The number of benzene rings is 1. The van der Waals surface area contributed by atoms with Crippen LogP contribution in [0.25, 0.3) is 0 Å². The average Bonchev–Trinajstić information content (AvgIpc) is 2.37. The van der Waals surface area contributed by atoms with Gasteiger partial charge in [-0.05, 0) is 36.6 Å². The molecule has 0 bridgehead atoms. The van der Waals surface area contributed by atoms with Gasteiger partial charge >= 0.3 is 0 Å². The molecule has 74 valence electrons. The Balaban J connectivity index is 2.35. The molecule has 1 aliphatic rings. The SMILES string of the molecule is CNc1ccc2c(c1)CCCC(=O)N2. The van der Waals surface area contributed by atoms with Gasteiger partial charge in [-0.1, -0.05) is 0 Å². The van der Waals surface area contributed by atoms with Gasteiger partial charge in [-0.25, -0.2) is 0 Å². The summed E-state index contributed by atoms with van der Waals surface area (Å²) in [4.78, 5) is 11.3. The second-order valence-corrected chi connectivity index (χ2v) is 3.52. The van der Waals surface area contributed by atoms with Gasteiger partial charge in [0, 0.05) is 24.8 Å². The van der Waals surface area contributed by atoms with E-state index < -0.39 is 0 Å². The van der Waals surface area contributed by atoms with Gasteiger partial charge in [0.1, 0.15) is 0 Å². The van der Waals surface area contributed by atoms with Gasteiger partial charge in [-0.2, -0.15) is 0 Å². The van der Waals surface area contributed by atoms with Gasteiger partial charge in [0.05, 0.1) is 0 Å². The van der Waals surface area contributed by atoms with Crippen LogP contribution in [0.5, 0.6) is 0 Å². The Hall–Kier alpha value is -1.51. The first-order valence-electron chi connectivity index (χ1n) is 4.90. The maximum atomic E-state index is 11.3. The van der Waals surface area contributed by atoms with Crippen LogP contribution in [0.3, 0.4) is 0 Å². The van der Waals surface area contributed by atoms with E-state index in [1.54, 1.807) is 0 Å². The highest BCUT2D eigenvalue weighted by Crippen LogP contribution is 2.24. The van der Waals surface area contributed by atoms with Crippen molar-refractivity contribution in [1.82, 2.24) is 0 Å². The van der Waals surface area contributed by atoms with Crippen LogP contribution in [0, 0.1) is 0 Å². The molecule has 0 fully saturated rings. The second-order valence-electron chi connectivity index (χ2n) is 3.52. The molecule has 0 radical (unpaired) electrons. The van der Waals surface area contributed by atoms with Crippen LogP contribution in [0.1, 0.15) is 18.4 Å². The molecule has 2 rings (SSSR count). The van der Waals surface area contributed by atoms with Crippen molar-refractivity contribution in [2.24, 2.45) is 0 Å². The largest absolute Gasteiger partial charge is 0.388 e. The monoisotopic (exact) mass is 190 g/mol. The van der Waals surface area contributed by atoms with Crippen LogP contribution in [0.15, 0.2) is 18.2 Å². The van der Waals surface area contributed by atoms with E-state index in [-0.39, 0.29) is 5.91 Å². The molecule has 2 N–H and O–H groups in total. The van der Waals surface area contributed by atoms with Crippen molar-refractivity contribution in [2.45, 2.75) is 19.3 Å².